The van der Waals surface area contributed by atoms with Crippen LogP contribution in [0.15, 0.2) is 17.0 Å². The molecule has 1 rings (SSSR count). The molecule has 0 radical (unpaired) electrons. The van der Waals surface area contributed by atoms with E-state index in [-0.39, 0.29) is 0 Å². The van der Waals surface area contributed by atoms with Crippen molar-refractivity contribution < 1.29 is 36.2 Å². The van der Waals surface area contributed by atoms with Crippen LogP contribution < -0.4 is 15.6 Å². The highest BCUT2D eigenvalue weighted by Crippen LogP contribution is 2.32. The fraction of sp³-hybridized carbons (Fsp3) is 0.222. The molecular weight excluding hydrogens is 305 g/mol. The Balaban J connectivity index is 3.39. The fourth-order valence-electron chi connectivity index (χ4n) is 1.27. The molecule has 1 aromatic carbocycles. The minimum Gasteiger partial charge on any atom is -0.481 e. The van der Waals surface area contributed by atoms with Crippen molar-refractivity contribution in [3.8, 4) is 5.75 Å². The minimum absolute atomic E-state index is 0.550. The van der Waals surface area contributed by atoms with E-state index in [0.717, 1.165) is 6.07 Å². The number of hydrogen-bond donors (Lipinski definition) is 3. The molecule has 0 bridgehead atoms. The number of nitrogen functional groups attached to an aromatic ring is 1. The van der Waals surface area contributed by atoms with Crippen LogP contribution >= 0.6 is 0 Å². The van der Waals surface area contributed by atoms with Crippen LogP contribution in [0, 0.1) is 0 Å². The van der Waals surface area contributed by atoms with E-state index in [9.17, 15) is 26.4 Å². The lowest BCUT2D eigenvalue weighted by Gasteiger charge is -2.14. The fourth-order valence-corrected chi connectivity index (χ4v) is 1.99. The molecule has 0 saturated carbocycles. The van der Waals surface area contributed by atoms with Gasteiger partial charge in [0.25, 0.3) is 0 Å². The van der Waals surface area contributed by atoms with Gasteiger partial charge in [0.2, 0.25) is 10.0 Å². The number of hydrogen-bond acceptors (Lipinski definition) is 5. The first-order chi connectivity index (χ1) is 8.92. The molecule has 0 heterocycles. The van der Waals surface area contributed by atoms with Crippen LogP contribution in [0.25, 0.3) is 0 Å². The summed E-state index contributed by atoms with van der Waals surface area (Å²) in [4.78, 5) is 9.82. The van der Waals surface area contributed by atoms with Gasteiger partial charge in [-0.15, -0.1) is 0 Å². The van der Waals surface area contributed by atoms with Gasteiger partial charge >= 0.3 is 12.1 Å². The van der Waals surface area contributed by atoms with E-state index in [1.54, 1.807) is 0 Å². The van der Waals surface area contributed by atoms with Gasteiger partial charge in [0, 0.05) is 0 Å². The lowest BCUT2D eigenvalue weighted by atomic mass is 10.2. The van der Waals surface area contributed by atoms with Crippen molar-refractivity contribution in [1.82, 2.24) is 0 Å². The molecule has 7 nitrogen and oxygen atoms in total. The topological polar surface area (TPSA) is 133 Å². The van der Waals surface area contributed by atoms with Crippen molar-refractivity contribution in [3.05, 3.63) is 17.7 Å². The first-order valence-electron chi connectivity index (χ1n) is 4.81. The Hall–Kier alpha value is -2.01. The van der Waals surface area contributed by atoms with E-state index in [0.29, 0.717) is 6.07 Å². The summed E-state index contributed by atoms with van der Waals surface area (Å²) in [5.41, 5.74) is 4.18. The average molecular weight is 314 g/mol. The quantitative estimate of drug-likeness (QED) is 0.695. The molecule has 0 fully saturated rings. The summed E-state index contributed by atoms with van der Waals surface area (Å²) in [6, 6.07) is 1.34. The van der Waals surface area contributed by atoms with Gasteiger partial charge in [-0.25, -0.2) is 18.4 Å². The minimum atomic E-state index is -4.73. The third-order valence-corrected chi connectivity index (χ3v) is 2.93. The summed E-state index contributed by atoms with van der Waals surface area (Å²) in [7, 11) is -4.52. The first-order valence-corrected chi connectivity index (χ1v) is 6.35. The highest BCUT2D eigenvalue weighted by atomic mass is 32.2. The van der Waals surface area contributed by atoms with Crippen molar-refractivity contribution in [3.63, 3.8) is 0 Å². The number of aromatic carboxylic acids is 1. The molecule has 0 spiro atoms. The van der Waals surface area contributed by atoms with Gasteiger partial charge in [0.05, 0.1) is 11.3 Å². The predicted molar refractivity (Wildman–Crippen MR) is 60.7 cm³/mol. The Kier molecular flexibility index (Phi) is 4.15. The molecule has 0 amide bonds. The van der Waals surface area contributed by atoms with Crippen LogP contribution in [0.5, 0.6) is 5.75 Å². The number of benzene rings is 1. The number of carboxylic acids is 1. The summed E-state index contributed by atoms with van der Waals surface area (Å²) in [5.74, 6) is -2.36. The van der Waals surface area contributed by atoms with Gasteiger partial charge in [-0.3, -0.25) is 0 Å². The Labute approximate surface area is 111 Å². The highest BCUT2D eigenvalue weighted by Gasteiger charge is 2.31. The van der Waals surface area contributed by atoms with Crippen molar-refractivity contribution in [2.24, 2.45) is 5.14 Å². The Morgan fingerprint density at radius 2 is 1.90 bits per heavy atom. The Morgan fingerprint density at radius 1 is 1.35 bits per heavy atom. The molecule has 1 aromatic rings. The van der Waals surface area contributed by atoms with E-state index in [1.807, 2.05) is 0 Å². The zero-order valence-corrected chi connectivity index (χ0v) is 10.5. The summed E-state index contributed by atoms with van der Waals surface area (Å²) in [5, 5.41) is 13.5. The van der Waals surface area contributed by atoms with E-state index >= 15 is 0 Å². The molecule has 112 valence electrons. The molecule has 0 aliphatic heterocycles. The number of carboxylic acid groups (broad SMARTS) is 1. The molecule has 11 heteroatoms. The van der Waals surface area contributed by atoms with Gasteiger partial charge in [0.15, 0.2) is 12.4 Å². The molecule has 0 saturated heterocycles. The Morgan fingerprint density at radius 3 is 2.30 bits per heavy atom. The second-order valence-electron chi connectivity index (χ2n) is 3.65. The highest BCUT2D eigenvalue weighted by molar-refractivity contribution is 7.89. The van der Waals surface area contributed by atoms with Crippen molar-refractivity contribution in [2.45, 2.75) is 11.1 Å². The maximum Gasteiger partial charge on any atom is 0.422 e. The summed E-state index contributed by atoms with van der Waals surface area (Å²) >= 11 is 0. The van der Waals surface area contributed by atoms with Crippen molar-refractivity contribution in [2.75, 3.05) is 12.3 Å². The smallest absolute Gasteiger partial charge is 0.422 e. The lowest BCUT2D eigenvalue weighted by molar-refractivity contribution is -0.153. The monoisotopic (exact) mass is 314 g/mol. The first kappa shape index (κ1) is 16.0. The maximum absolute atomic E-state index is 12.1. The average Bonchev–Trinajstić information content (AvgIpc) is 2.23. The molecule has 0 atom stereocenters. The van der Waals surface area contributed by atoms with E-state index in [1.165, 1.54) is 0 Å². The lowest BCUT2D eigenvalue weighted by Crippen LogP contribution is -2.22. The molecule has 20 heavy (non-hydrogen) atoms. The predicted octanol–water partition coefficient (Wildman–Crippen LogP) is 0.556. The largest absolute Gasteiger partial charge is 0.481 e. The van der Waals surface area contributed by atoms with E-state index in [2.05, 4.69) is 4.74 Å². The van der Waals surface area contributed by atoms with Gasteiger partial charge in [-0.05, 0) is 12.1 Å². The van der Waals surface area contributed by atoms with Crippen LogP contribution in [0.3, 0.4) is 0 Å². The third kappa shape index (κ3) is 3.99. The number of rotatable bonds is 4. The number of carbonyl (C=O) groups is 1. The zero-order chi connectivity index (χ0) is 15.7. The number of halogens is 3. The standard InChI is InChI=1S/C9H9F3N2O5S/c10-9(11,12)3-19-7-5(13)1-4(8(15)16)2-6(7)20(14,17)18/h1-2H,3,13H2,(H,15,16)(H2,14,17,18). The van der Waals surface area contributed by atoms with Crippen LogP contribution in [0.1, 0.15) is 10.4 Å². The second kappa shape index (κ2) is 5.17. The summed E-state index contributed by atoms with van der Waals surface area (Å²) in [6.45, 7) is -1.80. The molecular formula is C9H9F3N2O5S. The number of primary sulfonamides is 1. The molecule has 0 aromatic heterocycles. The van der Waals surface area contributed by atoms with Crippen molar-refractivity contribution in [1.29, 1.82) is 0 Å². The van der Waals surface area contributed by atoms with Gasteiger partial charge in [0.1, 0.15) is 4.90 Å². The SMILES string of the molecule is Nc1cc(C(=O)O)cc(S(N)(=O)=O)c1OCC(F)(F)F. The molecule has 0 unspecified atom stereocenters. The van der Waals surface area contributed by atoms with Crippen molar-refractivity contribution >= 4 is 21.7 Å². The van der Waals surface area contributed by atoms with Crippen LogP contribution in [-0.4, -0.2) is 32.3 Å². The Bertz CT molecular complexity index is 642. The molecule has 0 aliphatic carbocycles. The number of ether oxygens (including phenoxy) is 1. The summed E-state index contributed by atoms with van der Waals surface area (Å²) < 4.78 is 63.0. The molecule has 0 aliphatic rings. The summed E-state index contributed by atoms with van der Waals surface area (Å²) in [6.07, 6.45) is -4.73. The number of anilines is 1. The van der Waals surface area contributed by atoms with E-state index in [4.69, 9.17) is 16.0 Å². The zero-order valence-electron chi connectivity index (χ0n) is 9.64. The van der Waals surface area contributed by atoms with Crippen LogP contribution in [0.4, 0.5) is 18.9 Å². The maximum atomic E-state index is 12.1. The number of alkyl halides is 3. The van der Waals surface area contributed by atoms with Crippen LogP contribution in [0.2, 0.25) is 0 Å². The number of nitrogens with two attached hydrogens (primary N) is 2. The van der Waals surface area contributed by atoms with Gasteiger partial charge in [-0.2, -0.15) is 13.2 Å². The van der Waals surface area contributed by atoms with E-state index < -0.39 is 50.7 Å². The van der Waals surface area contributed by atoms with Crippen LogP contribution in [-0.2, 0) is 10.0 Å². The van der Waals surface area contributed by atoms with Gasteiger partial charge in [-0.1, -0.05) is 0 Å². The molecule has 5 N–H and O–H groups in total. The number of sulfonamides is 1. The van der Waals surface area contributed by atoms with Gasteiger partial charge < -0.3 is 15.6 Å². The second-order valence-corrected chi connectivity index (χ2v) is 5.18. The normalized spacial score (nSPS) is 12.2. The third-order valence-electron chi connectivity index (χ3n) is 2.02.